The number of anilines is 1. The summed E-state index contributed by atoms with van der Waals surface area (Å²) in [7, 11) is 2.05. The molecule has 0 N–H and O–H groups in total. The Labute approximate surface area is 116 Å². The molecule has 0 saturated carbocycles. The van der Waals surface area contributed by atoms with Crippen LogP contribution in [0.5, 0.6) is 0 Å². The van der Waals surface area contributed by atoms with Gasteiger partial charge in [-0.05, 0) is 31.0 Å². The fraction of sp³-hybridized carbons (Fsp3) is 0.562. The number of likely N-dealkylation sites (N-methyl/N-ethyl adjacent to an activating group) is 1. The Morgan fingerprint density at radius 2 is 2.16 bits per heavy atom. The zero-order valence-corrected chi connectivity index (χ0v) is 12.1. The fourth-order valence-corrected chi connectivity index (χ4v) is 2.82. The quantitative estimate of drug-likeness (QED) is 0.777. The normalized spacial score (nSPS) is 19.2. The molecule has 1 atom stereocenters. The smallest absolute Gasteiger partial charge is 0.0866 e. The van der Waals surface area contributed by atoms with Gasteiger partial charge in [0.15, 0.2) is 0 Å². The molecule has 1 saturated heterocycles. The maximum Gasteiger partial charge on any atom is 0.0866 e. The molecular formula is C16H23N3. The highest BCUT2D eigenvalue weighted by Gasteiger charge is 2.27. The highest BCUT2D eigenvalue weighted by Crippen LogP contribution is 2.30. The second-order valence-electron chi connectivity index (χ2n) is 5.68. The van der Waals surface area contributed by atoms with Gasteiger partial charge in [-0.3, -0.25) is 4.90 Å². The first-order valence-corrected chi connectivity index (χ1v) is 7.04. The maximum atomic E-state index is 8.79. The van der Waals surface area contributed by atoms with Gasteiger partial charge in [-0.25, -0.2) is 0 Å². The minimum Gasteiger partial charge on any atom is -0.370 e. The van der Waals surface area contributed by atoms with E-state index in [4.69, 9.17) is 5.26 Å². The van der Waals surface area contributed by atoms with E-state index in [2.05, 4.69) is 54.0 Å². The van der Waals surface area contributed by atoms with Crippen molar-refractivity contribution in [1.29, 1.82) is 5.26 Å². The number of para-hydroxylation sites is 1. The van der Waals surface area contributed by atoms with E-state index in [1.807, 2.05) is 7.05 Å². The highest BCUT2D eigenvalue weighted by molar-refractivity contribution is 5.55. The van der Waals surface area contributed by atoms with Crippen LogP contribution < -0.4 is 4.90 Å². The molecule has 0 spiro atoms. The summed E-state index contributed by atoms with van der Waals surface area (Å²) >= 11 is 0. The monoisotopic (exact) mass is 257 g/mol. The molecule has 2 rings (SSSR count). The molecule has 1 unspecified atom stereocenters. The summed E-state index contributed by atoms with van der Waals surface area (Å²) in [6, 6.07) is 11.4. The van der Waals surface area contributed by atoms with Crippen LogP contribution >= 0.6 is 0 Å². The number of hydrogen-bond donors (Lipinski definition) is 0. The first-order valence-electron chi connectivity index (χ1n) is 7.04. The number of rotatable bonds is 4. The summed E-state index contributed by atoms with van der Waals surface area (Å²) < 4.78 is 0. The van der Waals surface area contributed by atoms with Crippen molar-refractivity contribution in [3.05, 3.63) is 29.8 Å². The lowest BCUT2D eigenvalue weighted by Crippen LogP contribution is -2.35. The topological polar surface area (TPSA) is 30.3 Å². The van der Waals surface area contributed by atoms with Crippen molar-refractivity contribution in [3.8, 4) is 6.07 Å². The minimum atomic E-state index is 0.500. The van der Waals surface area contributed by atoms with Crippen molar-refractivity contribution in [2.24, 2.45) is 0 Å². The Morgan fingerprint density at radius 3 is 2.84 bits per heavy atom. The summed E-state index contributed by atoms with van der Waals surface area (Å²) in [4.78, 5) is 4.63. The molecule has 102 valence electrons. The van der Waals surface area contributed by atoms with E-state index in [1.165, 1.54) is 11.3 Å². The van der Waals surface area contributed by atoms with Gasteiger partial charge in [0.2, 0.25) is 0 Å². The molecule has 1 aromatic rings. The molecule has 1 aliphatic heterocycles. The number of benzene rings is 1. The van der Waals surface area contributed by atoms with Crippen molar-refractivity contribution in [2.75, 3.05) is 31.6 Å². The summed E-state index contributed by atoms with van der Waals surface area (Å²) in [6.07, 6.45) is 1.14. The Bertz CT molecular complexity index is 461. The summed E-state index contributed by atoms with van der Waals surface area (Å²) in [5.74, 6) is 0.548. The Kier molecular flexibility index (Phi) is 4.44. The van der Waals surface area contributed by atoms with Crippen molar-refractivity contribution in [1.82, 2.24) is 4.90 Å². The van der Waals surface area contributed by atoms with Gasteiger partial charge in [0.05, 0.1) is 12.6 Å². The lowest BCUT2D eigenvalue weighted by atomic mass is 10.0. The van der Waals surface area contributed by atoms with Gasteiger partial charge in [-0.1, -0.05) is 32.0 Å². The molecule has 19 heavy (non-hydrogen) atoms. The number of nitriles is 1. The molecule has 1 aliphatic rings. The maximum absolute atomic E-state index is 8.79. The first kappa shape index (κ1) is 13.9. The van der Waals surface area contributed by atoms with Crippen LogP contribution in [-0.2, 0) is 0 Å². The zero-order valence-electron chi connectivity index (χ0n) is 12.1. The van der Waals surface area contributed by atoms with Crippen LogP contribution in [0.2, 0.25) is 0 Å². The van der Waals surface area contributed by atoms with Crippen molar-refractivity contribution in [3.63, 3.8) is 0 Å². The van der Waals surface area contributed by atoms with Crippen LogP contribution in [0, 0.1) is 11.3 Å². The fourth-order valence-electron chi connectivity index (χ4n) is 2.82. The van der Waals surface area contributed by atoms with Gasteiger partial charge in [0.25, 0.3) is 0 Å². The molecule has 1 fully saturated rings. The summed E-state index contributed by atoms with van der Waals surface area (Å²) in [5, 5.41) is 8.79. The van der Waals surface area contributed by atoms with E-state index in [1.54, 1.807) is 0 Å². The van der Waals surface area contributed by atoms with Gasteiger partial charge >= 0.3 is 0 Å². The lowest BCUT2D eigenvalue weighted by Gasteiger charge is -2.25. The van der Waals surface area contributed by atoms with Gasteiger partial charge in [0, 0.05) is 24.8 Å². The minimum absolute atomic E-state index is 0.500. The standard InChI is InChI=1S/C16H23N3/c1-13(2)15-6-4-5-7-16(15)19-10-8-14(12-19)18(3)11-9-17/h4-7,13-14H,8,10-12H2,1-3H3. The SMILES string of the molecule is CC(C)c1ccccc1N1CCC(N(C)CC#N)C1. The second kappa shape index (κ2) is 6.08. The predicted octanol–water partition coefficient (Wildman–Crippen LogP) is 2.84. The molecule has 0 aromatic heterocycles. The zero-order chi connectivity index (χ0) is 13.8. The van der Waals surface area contributed by atoms with Crippen LogP contribution in [0.3, 0.4) is 0 Å². The van der Waals surface area contributed by atoms with Gasteiger partial charge in [-0.15, -0.1) is 0 Å². The van der Waals surface area contributed by atoms with Crippen molar-refractivity contribution >= 4 is 5.69 Å². The van der Waals surface area contributed by atoms with E-state index in [0.717, 1.165) is 19.5 Å². The van der Waals surface area contributed by atoms with Gasteiger partial charge in [0.1, 0.15) is 0 Å². The number of nitrogens with zero attached hydrogens (tertiary/aromatic N) is 3. The van der Waals surface area contributed by atoms with E-state index < -0.39 is 0 Å². The van der Waals surface area contributed by atoms with Crippen LogP contribution in [0.15, 0.2) is 24.3 Å². The highest BCUT2D eigenvalue weighted by atomic mass is 15.2. The lowest BCUT2D eigenvalue weighted by molar-refractivity contribution is 0.289. The average Bonchev–Trinajstić information content (AvgIpc) is 2.88. The molecule has 0 bridgehead atoms. The van der Waals surface area contributed by atoms with E-state index >= 15 is 0 Å². The molecule has 3 nitrogen and oxygen atoms in total. The molecular weight excluding hydrogens is 234 g/mol. The summed E-state index contributed by atoms with van der Waals surface area (Å²) in [6.45, 7) is 7.12. The van der Waals surface area contributed by atoms with Gasteiger partial charge < -0.3 is 4.90 Å². The van der Waals surface area contributed by atoms with Crippen LogP contribution in [0.25, 0.3) is 0 Å². The molecule has 1 heterocycles. The second-order valence-corrected chi connectivity index (χ2v) is 5.68. The van der Waals surface area contributed by atoms with Crippen LogP contribution in [0.4, 0.5) is 5.69 Å². The average molecular weight is 257 g/mol. The molecule has 0 amide bonds. The van der Waals surface area contributed by atoms with E-state index in [0.29, 0.717) is 18.5 Å². The summed E-state index contributed by atoms with van der Waals surface area (Å²) in [5.41, 5.74) is 2.79. The predicted molar refractivity (Wildman–Crippen MR) is 79.4 cm³/mol. The third-order valence-corrected chi connectivity index (χ3v) is 4.01. The third-order valence-electron chi connectivity index (χ3n) is 4.01. The largest absolute Gasteiger partial charge is 0.370 e. The molecule has 1 aromatic carbocycles. The number of hydrogen-bond acceptors (Lipinski definition) is 3. The molecule has 0 radical (unpaired) electrons. The van der Waals surface area contributed by atoms with E-state index in [9.17, 15) is 0 Å². The third kappa shape index (κ3) is 3.08. The molecule has 0 aliphatic carbocycles. The van der Waals surface area contributed by atoms with Crippen molar-refractivity contribution < 1.29 is 0 Å². The van der Waals surface area contributed by atoms with Gasteiger partial charge in [-0.2, -0.15) is 5.26 Å². The van der Waals surface area contributed by atoms with Crippen LogP contribution in [-0.4, -0.2) is 37.6 Å². The van der Waals surface area contributed by atoms with Crippen molar-refractivity contribution in [2.45, 2.75) is 32.2 Å². The van der Waals surface area contributed by atoms with Crippen LogP contribution in [0.1, 0.15) is 31.7 Å². The Hall–Kier alpha value is -1.53. The molecule has 3 heteroatoms. The Balaban J connectivity index is 2.11. The first-order chi connectivity index (χ1) is 9.13. The Morgan fingerprint density at radius 1 is 1.42 bits per heavy atom. The van der Waals surface area contributed by atoms with E-state index in [-0.39, 0.29) is 0 Å².